The molecule has 1 aromatic heterocycles. The van der Waals surface area contributed by atoms with E-state index in [0.717, 1.165) is 38.8 Å². The fraction of sp³-hybridized carbons (Fsp3) is 0.136. The third-order valence-electron chi connectivity index (χ3n) is 4.48. The minimum atomic E-state index is -0.177. The van der Waals surface area contributed by atoms with Gasteiger partial charge in [0.15, 0.2) is 6.61 Å². The molecule has 0 atom stereocenters. The molecule has 3 aromatic carbocycles. The summed E-state index contributed by atoms with van der Waals surface area (Å²) in [6.07, 6.45) is 0. The highest BCUT2D eigenvalue weighted by Crippen LogP contribution is 2.27. The van der Waals surface area contributed by atoms with Gasteiger partial charge in [0.05, 0.1) is 0 Å². The van der Waals surface area contributed by atoms with Gasteiger partial charge in [0, 0.05) is 27.5 Å². The van der Waals surface area contributed by atoms with Crippen LogP contribution in [0.3, 0.4) is 0 Å². The first-order valence-corrected chi connectivity index (χ1v) is 8.60. The number of aryl methyl sites for hydroxylation is 2. The molecule has 1 heterocycles. The lowest BCUT2D eigenvalue weighted by Crippen LogP contribution is -2.20. The van der Waals surface area contributed by atoms with Gasteiger partial charge in [-0.05, 0) is 49.7 Å². The molecule has 2 N–H and O–H groups in total. The number of hydrogen-bond acceptors (Lipinski definition) is 2. The van der Waals surface area contributed by atoms with Crippen LogP contribution in [0.4, 0.5) is 5.69 Å². The van der Waals surface area contributed by atoms with Crippen LogP contribution < -0.4 is 10.1 Å². The van der Waals surface area contributed by atoms with Crippen molar-refractivity contribution in [3.05, 3.63) is 71.8 Å². The van der Waals surface area contributed by atoms with Gasteiger partial charge in [0.2, 0.25) is 0 Å². The first-order chi connectivity index (χ1) is 12.6. The Morgan fingerprint density at radius 2 is 1.77 bits per heavy atom. The maximum Gasteiger partial charge on any atom is 0.262 e. The molecule has 0 aliphatic rings. The number of aromatic amines is 1. The molecule has 0 bridgehead atoms. The van der Waals surface area contributed by atoms with E-state index in [1.165, 1.54) is 5.56 Å². The predicted octanol–water partition coefficient (Wildman–Crippen LogP) is 4.96. The van der Waals surface area contributed by atoms with E-state index in [4.69, 9.17) is 4.74 Å². The van der Waals surface area contributed by atoms with Crippen molar-refractivity contribution in [2.75, 3.05) is 11.9 Å². The maximum absolute atomic E-state index is 12.3. The van der Waals surface area contributed by atoms with Crippen LogP contribution in [-0.4, -0.2) is 17.5 Å². The Hall–Kier alpha value is -3.27. The van der Waals surface area contributed by atoms with Crippen LogP contribution in [0.2, 0.25) is 0 Å². The van der Waals surface area contributed by atoms with E-state index in [1.807, 2.05) is 68.4 Å². The zero-order chi connectivity index (χ0) is 18.1. The van der Waals surface area contributed by atoms with Gasteiger partial charge in [0.1, 0.15) is 5.75 Å². The van der Waals surface area contributed by atoms with Crippen molar-refractivity contribution in [3.63, 3.8) is 0 Å². The number of amides is 1. The molecule has 4 aromatic rings. The summed E-state index contributed by atoms with van der Waals surface area (Å²) in [5.74, 6) is 0.557. The lowest BCUT2D eigenvalue weighted by atomic mass is 10.1. The molecule has 0 unspecified atom stereocenters. The number of H-pyrrole nitrogens is 1. The molecule has 130 valence electrons. The molecule has 4 heteroatoms. The highest BCUT2D eigenvalue weighted by molar-refractivity contribution is 6.09. The molecule has 0 fully saturated rings. The van der Waals surface area contributed by atoms with Gasteiger partial charge in [-0.1, -0.05) is 35.9 Å². The van der Waals surface area contributed by atoms with Gasteiger partial charge < -0.3 is 15.0 Å². The van der Waals surface area contributed by atoms with Crippen LogP contribution in [0.5, 0.6) is 5.75 Å². The van der Waals surface area contributed by atoms with Gasteiger partial charge in [0.25, 0.3) is 5.91 Å². The van der Waals surface area contributed by atoms with Crippen molar-refractivity contribution in [1.29, 1.82) is 0 Å². The molecule has 1 amide bonds. The number of ether oxygens (including phenoxy) is 1. The maximum atomic E-state index is 12.3. The van der Waals surface area contributed by atoms with Crippen molar-refractivity contribution in [2.45, 2.75) is 13.8 Å². The molecule has 0 saturated heterocycles. The fourth-order valence-corrected chi connectivity index (χ4v) is 3.23. The summed E-state index contributed by atoms with van der Waals surface area (Å²) < 4.78 is 5.65. The fourth-order valence-electron chi connectivity index (χ4n) is 3.23. The van der Waals surface area contributed by atoms with Crippen molar-refractivity contribution in [2.24, 2.45) is 0 Å². The molecular formula is C22H20N2O2. The predicted molar refractivity (Wildman–Crippen MR) is 106 cm³/mol. The minimum absolute atomic E-state index is 0.0180. The summed E-state index contributed by atoms with van der Waals surface area (Å²) in [5.41, 5.74) is 5.10. The first-order valence-electron chi connectivity index (χ1n) is 8.60. The topological polar surface area (TPSA) is 54.1 Å². The Morgan fingerprint density at radius 1 is 0.962 bits per heavy atom. The van der Waals surface area contributed by atoms with Crippen LogP contribution in [-0.2, 0) is 4.79 Å². The molecule has 0 spiro atoms. The van der Waals surface area contributed by atoms with Gasteiger partial charge >= 0.3 is 0 Å². The van der Waals surface area contributed by atoms with Gasteiger partial charge in [-0.3, -0.25) is 4.79 Å². The van der Waals surface area contributed by atoms with Gasteiger partial charge in [-0.2, -0.15) is 0 Å². The van der Waals surface area contributed by atoms with Crippen molar-refractivity contribution in [1.82, 2.24) is 4.98 Å². The zero-order valence-corrected chi connectivity index (χ0v) is 14.8. The molecular weight excluding hydrogens is 324 g/mol. The molecule has 0 aliphatic heterocycles. The Kier molecular flexibility index (Phi) is 4.09. The molecule has 26 heavy (non-hydrogen) atoms. The Balaban J connectivity index is 1.49. The normalized spacial score (nSPS) is 11.0. The van der Waals surface area contributed by atoms with Crippen molar-refractivity contribution >= 4 is 33.4 Å². The number of benzene rings is 3. The van der Waals surface area contributed by atoms with Crippen LogP contribution >= 0.6 is 0 Å². The molecule has 4 nitrogen and oxygen atoms in total. The van der Waals surface area contributed by atoms with E-state index < -0.39 is 0 Å². The molecule has 0 aliphatic carbocycles. The third-order valence-corrected chi connectivity index (χ3v) is 4.48. The van der Waals surface area contributed by atoms with Crippen molar-refractivity contribution in [3.8, 4) is 5.75 Å². The second kappa shape index (κ2) is 6.56. The van der Waals surface area contributed by atoms with Crippen LogP contribution in [0.1, 0.15) is 11.1 Å². The molecule has 4 rings (SSSR count). The Labute approximate surface area is 151 Å². The van der Waals surface area contributed by atoms with Gasteiger partial charge in [-0.25, -0.2) is 0 Å². The highest BCUT2D eigenvalue weighted by atomic mass is 16.5. The summed E-state index contributed by atoms with van der Waals surface area (Å²) in [6.45, 7) is 3.99. The number of fused-ring (bicyclic) bond motifs is 3. The number of anilines is 1. The number of carbonyl (C=O) groups is 1. The Bertz CT molecular complexity index is 1110. The van der Waals surface area contributed by atoms with Crippen LogP contribution in [0.15, 0.2) is 60.7 Å². The number of rotatable bonds is 4. The Morgan fingerprint density at radius 3 is 2.62 bits per heavy atom. The average Bonchev–Trinajstić information content (AvgIpc) is 2.99. The average molecular weight is 344 g/mol. The van der Waals surface area contributed by atoms with E-state index in [9.17, 15) is 4.79 Å². The number of hydrogen-bond donors (Lipinski definition) is 2. The number of carbonyl (C=O) groups excluding carboxylic acids is 1. The number of nitrogens with one attached hydrogen (secondary N) is 2. The molecule has 0 saturated carbocycles. The summed E-state index contributed by atoms with van der Waals surface area (Å²) in [5, 5.41) is 5.15. The van der Waals surface area contributed by atoms with Gasteiger partial charge in [-0.15, -0.1) is 0 Å². The summed E-state index contributed by atoms with van der Waals surface area (Å²) in [4.78, 5) is 15.6. The second-order valence-electron chi connectivity index (χ2n) is 6.54. The summed E-state index contributed by atoms with van der Waals surface area (Å²) in [6, 6.07) is 19.9. The SMILES string of the molecule is Cc1ccc(OCC(=O)Nc2ccc3[nH]c4ccccc4c3c2)c(C)c1. The monoisotopic (exact) mass is 344 g/mol. The lowest BCUT2D eigenvalue weighted by Gasteiger charge is -2.10. The highest BCUT2D eigenvalue weighted by Gasteiger charge is 2.08. The number of para-hydroxylation sites is 1. The standard InChI is InChI=1S/C22H20N2O2/c1-14-7-10-21(15(2)11-14)26-13-22(25)23-16-8-9-20-18(12-16)17-5-3-4-6-19(17)24-20/h3-12,24H,13H2,1-2H3,(H,23,25). The van der Waals surface area contributed by atoms with Crippen LogP contribution in [0.25, 0.3) is 21.8 Å². The smallest absolute Gasteiger partial charge is 0.262 e. The van der Waals surface area contributed by atoms with Crippen LogP contribution in [0, 0.1) is 13.8 Å². The lowest BCUT2D eigenvalue weighted by molar-refractivity contribution is -0.118. The quantitative estimate of drug-likeness (QED) is 0.550. The minimum Gasteiger partial charge on any atom is -0.483 e. The zero-order valence-electron chi connectivity index (χ0n) is 14.8. The van der Waals surface area contributed by atoms with Crippen molar-refractivity contribution < 1.29 is 9.53 Å². The largest absolute Gasteiger partial charge is 0.483 e. The third kappa shape index (κ3) is 3.14. The number of aromatic nitrogens is 1. The van der Waals surface area contributed by atoms with E-state index in [1.54, 1.807) is 0 Å². The first kappa shape index (κ1) is 16.2. The summed E-state index contributed by atoms with van der Waals surface area (Å²) >= 11 is 0. The summed E-state index contributed by atoms with van der Waals surface area (Å²) in [7, 11) is 0. The van der Waals surface area contributed by atoms with E-state index in [2.05, 4.69) is 16.4 Å². The van der Waals surface area contributed by atoms with E-state index >= 15 is 0 Å². The molecule has 0 radical (unpaired) electrons. The van der Waals surface area contributed by atoms with E-state index in [0.29, 0.717) is 0 Å². The van der Waals surface area contributed by atoms with E-state index in [-0.39, 0.29) is 12.5 Å². The second-order valence-corrected chi connectivity index (χ2v) is 6.54.